The van der Waals surface area contributed by atoms with Crippen molar-refractivity contribution in [3.63, 3.8) is 0 Å². The minimum atomic E-state index is 0.247. The molecular weight excluding hydrogens is 202 g/mol. The molecule has 2 N–H and O–H groups in total. The maximum atomic E-state index is 8.69. The first-order valence-corrected chi connectivity index (χ1v) is 5.47. The topological polar surface area (TPSA) is 58.0 Å². The molecule has 0 spiro atoms. The third-order valence-corrected chi connectivity index (χ3v) is 2.45. The third-order valence-electron chi connectivity index (χ3n) is 2.45. The van der Waals surface area contributed by atoms with Crippen molar-refractivity contribution >= 4 is 16.6 Å². The van der Waals surface area contributed by atoms with E-state index in [-0.39, 0.29) is 6.61 Å². The highest BCUT2D eigenvalue weighted by molar-refractivity contribution is 5.90. The van der Waals surface area contributed by atoms with Crippen LogP contribution in [-0.2, 0) is 0 Å². The Morgan fingerprint density at radius 2 is 2.06 bits per heavy atom. The summed E-state index contributed by atoms with van der Waals surface area (Å²) in [6, 6.07) is 7.91. The summed E-state index contributed by atoms with van der Waals surface area (Å²) < 4.78 is 0. The third kappa shape index (κ3) is 2.46. The Morgan fingerprint density at radius 1 is 1.19 bits per heavy atom. The van der Waals surface area contributed by atoms with E-state index < -0.39 is 0 Å². The molecule has 0 aliphatic rings. The standard InChI is InChI=1S/C12H15N3O/c16-8-4-3-7-13-12-9-14-15-11-6-2-1-5-10(11)12/h1-2,5-6,9,16H,3-4,7-8H2,(H,13,15). The van der Waals surface area contributed by atoms with Gasteiger partial charge in [-0.3, -0.25) is 0 Å². The number of rotatable bonds is 5. The summed E-state index contributed by atoms with van der Waals surface area (Å²) in [5.74, 6) is 0. The van der Waals surface area contributed by atoms with Crippen LogP contribution in [0.25, 0.3) is 10.9 Å². The smallest absolute Gasteiger partial charge is 0.0950 e. The summed E-state index contributed by atoms with van der Waals surface area (Å²) in [5.41, 5.74) is 1.90. The molecule has 2 aromatic rings. The van der Waals surface area contributed by atoms with Crippen LogP contribution in [0.5, 0.6) is 0 Å². The zero-order chi connectivity index (χ0) is 11.2. The molecule has 4 heteroatoms. The van der Waals surface area contributed by atoms with Gasteiger partial charge < -0.3 is 10.4 Å². The minimum absolute atomic E-state index is 0.247. The highest BCUT2D eigenvalue weighted by Gasteiger charge is 2.00. The van der Waals surface area contributed by atoms with E-state index in [1.54, 1.807) is 6.20 Å². The van der Waals surface area contributed by atoms with Gasteiger partial charge in [-0.25, -0.2) is 0 Å². The largest absolute Gasteiger partial charge is 0.396 e. The lowest BCUT2D eigenvalue weighted by Gasteiger charge is -2.07. The van der Waals surface area contributed by atoms with Gasteiger partial charge in [0, 0.05) is 18.5 Å². The van der Waals surface area contributed by atoms with Crippen LogP contribution in [-0.4, -0.2) is 28.5 Å². The second-order valence-corrected chi connectivity index (χ2v) is 3.63. The number of fused-ring (bicyclic) bond motifs is 1. The number of benzene rings is 1. The van der Waals surface area contributed by atoms with Crippen molar-refractivity contribution in [3.05, 3.63) is 30.5 Å². The SMILES string of the molecule is OCCCCNc1cnnc2ccccc12. The molecule has 1 aromatic carbocycles. The lowest BCUT2D eigenvalue weighted by molar-refractivity contribution is 0.286. The maximum absolute atomic E-state index is 8.69. The van der Waals surface area contributed by atoms with E-state index in [0.717, 1.165) is 36.0 Å². The van der Waals surface area contributed by atoms with Crippen LogP contribution in [0.4, 0.5) is 5.69 Å². The number of nitrogens with one attached hydrogen (secondary N) is 1. The van der Waals surface area contributed by atoms with Crippen LogP contribution in [0.1, 0.15) is 12.8 Å². The summed E-state index contributed by atoms with van der Waals surface area (Å²) in [4.78, 5) is 0. The molecule has 0 aliphatic carbocycles. The first-order valence-electron chi connectivity index (χ1n) is 5.47. The molecule has 0 radical (unpaired) electrons. The zero-order valence-corrected chi connectivity index (χ0v) is 9.06. The number of unbranched alkanes of at least 4 members (excludes halogenated alkanes) is 1. The van der Waals surface area contributed by atoms with Crippen molar-refractivity contribution in [2.24, 2.45) is 0 Å². The molecular formula is C12H15N3O. The lowest BCUT2D eigenvalue weighted by atomic mass is 10.2. The van der Waals surface area contributed by atoms with E-state index in [9.17, 15) is 0 Å². The fourth-order valence-electron chi connectivity index (χ4n) is 1.61. The molecule has 4 nitrogen and oxygen atoms in total. The molecule has 0 atom stereocenters. The summed E-state index contributed by atoms with van der Waals surface area (Å²) in [6.45, 7) is 1.09. The normalized spacial score (nSPS) is 10.6. The Morgan fingerprint density at radius 3 is 2.94 bits per heavy atom. The van der Waals surface area contributed by atoms with Gasteiger partial charge in [0.25, 0.3) is 0 Å². The quantitative estimate of drug-likeness (QED) is 0.750. The Kier molecular flexibility index (Phi) is 3.66. The molecule has 0 aliphatic heterocycles. The van der Waals surface area contributed by atoms with Gasteiger partial charge in [0.05, 0.1) is 17.4 Å². The molecule has 0 saturated carbocycles. The minimum Gasteiger partial charge on any atom is -0.396 e. The van der Waals surface area contributed by atoms with Crippen LogP contribution in [0.2, 0.25) is 0 Å². The van der Waals surface area contributed by atoms with Crippen LogP contribution in [0, 0.1) is 0 Å². The van der Waals surface area contributed by atoms with Crippen LogP contribution in [0.3, 0.4) is 0 Å². The molecule has 0 unspecified atom stereocenters. The average molecular weight is 217 g/mol. The summed E-state index contributed by atoms with van der Waals surface area (Å²) in [5, 5.41) is 21.1. The van der Waals surface area contributed by atoms with Crippen molar-refractivity contribution in [1.29, 1.82) is 0 Å². The van der Waals surface area contributed by atoms with Gasteiger partial charge in [-0.05, 0) is 18.9 Å². The highest BCUT2D eigenvalue weighted by Crippen LogP contribution is 2.19. The average Bonchev–Trinajstić information content (AvgIpc) is 2.35. The Bertz CT molecular complexity index is 453. The Hall–Kier alpha value is -1.68. The molecule has 84 valence electrons. The van der Waals surface area contributed by atoms with Crippen molar-refractivity contribution < 1.29 is 5.11 Å². The summed E-state index contributed by atoms with van der Waals surface area (Å²) in [6.07, 6.45) is 3.51. The van der Waals surface area contributed by atoms with Gasteiger partial charge in [-0.1, -0.05) is 18.2 Å². The second-order valence-electron chi connectivity index (χ2n) is 3.63. The summed E-state index contributed by atoms with van der Waals surface area (Å²) >= 11 is 0. The first kappa shape index (κ1) is 10.8. The van der Waals surface area contributed by atoms with Crippen molar-refractivity contribution in [3.8, 4) is 0 Å². The monoisotopic (exact) mass is 217 g/mol. The molecule has 1 aromatic heterocycles. The molecule has 0 amide bonds. The van der Waals surface area contributed by atoms with Crippen molar-refractivity contribution in [2.75, 3.05) is 18.5 Å². The number of aliphatic hydroxyl groups excluding tert-OH is 1. The van der Waals surface area contributed by atoms with Gasteiger partial charge in [0.2, 0.25) is 0 Å². The van der Waals surface area contributed by atoms with E-state index in [1.165, 1.54) is 0 Å². The van der Waals surface area contributed by atoms with Crippen LogP contribution in [0.15, 0.2) is 30.5 Å². The molecule has 0 fully saturated rings. The van der Waals surface area contributed by atoms with E-state index in [0.29, 0.717) is 0 Å². The Balaban J connectivity index is 2.11. The lowest BCUT2D eigenvalue weighted by Crippen LogP contribution is -2.03. The second kappa shape index (κ2) is 5.42. The van der Waals surface area contributed by atoms with E-state index in [1.807, 2.05) is 24.3 Å². The van der Waals surface area contributed by atoms with Crippen LogP contribution < -0.4 is 5.32 Å². The zero-order valence-electron chi connectivity index (χ0n) is 9.06. The van der Waals surface area contributed by atoms with Crippen LogP contribution >= 0.6 is 0 Å². The fraction of sp³-hybridized carbons (Fsp3) is 0.333. The fourth-order valence-corrected chi connectivity index (χ4v) is 1.61. The summed E-state index contributed by atoms with van der Waals surface area (Å²) in [7, 11) is 0. The molecule has 16 heavy (non-hydrogen) atoms. The number of hydrogen-bond donors (Lipinski definition) is 2. The van der Waals surface area contributed by atoms with Crippen molar-refractivity contribution in [1.82, 2.24) is 10.2 Å². The van der Waals surface area contributed by atoms with Gasteiger partial charge in [0.15, 0.2) is 0 Å². The van der Waals surface area contributed by atoms with E-state index >= 15 is 0 Å². The highest BCUT2D eigenvalue weighted by atomic mass is 16.2. The predicted octanol–water partition coefficient (Wildman–Crippen LogP) is 1.81. The number of aromatic nitrogens is 2. The molecule has 0 saturated heterocycles. The number of aliphatic hydroxyl groups is 1. The number of hydrogen-bond acceptors (Lipinski definition) is 4. The molecule has 1 heterocycles. The number of nitrogens with zero attached hydrogens (tertiary/aromatic N) is 2. The predicted molar refractivity (Wildman–Crippen MR) is 64.3 cm³/mol. The van der Waals surface area contributed by atoms with E-state index in [4.69, 9.17) is 5.11 Å². The first-order chi connectivity index (χ1) is 7.92. The van der Waals surface area contributed by atoms with Gasteiger partial charge >= 0.3 is 0 Å². The van der Waals surface area contributed by atoms with Gasteiger partial charge in [0.1, 0.15) is 0 Å². The molecule has 0 bridgehead atoms. The van der Waals surface area contributed by atoms with E-state index in [2.05, 4.69) is 15.5 Å². The van der Waals surface area contributed by atoms with Gasteiger partial charge in [-0.15, -0.1) is 0 Å². The number of anilines is 1. The molecule has 2 rings (SSSR count). The maximum Gasteiger partial charge on any atom is 0.0950 e. The van der Waals surface area contributed by atoms with Gasteiger partial charge in [-0.2, -0.15) is 10.2 Å². The van der Waals surface area contributed by atoms with Crippen molar-refractivity contribution in [2.45, 2.75) is 12.8 Å². The Labute approximate surface area is 94.3 Å².